The van der Waals surface area contributed by atoms with Crippen molar-refractivity contribution in [3.05, 3.63) is 66.0 Å². The summed E-state index contributed by atoms with van der Waals surface area (Å²) in [5.41, 5.74) is 10.3. The predicted octanol–water partition coefficient (Wildman–Crippen LogP) is 3.92. The molecule has 4 rings (SSSR count). The van der Waals surface area contributed by atoms with Gasteiger partial charge in [0.25, 0.3) is 0 Å². The second-order valence-electron chi connectivity index (χ2n) is 7.43. The van der Waals surface area contributed by atoms with Crippen LogP contribution in [0.4, 0.5) is 0 Å². The van der Waals surface area contributed by atoms with Gasteiger partial charge in [-0.25, -0.2) is 4.98 Å². The van der Waals surface area contributed by atoms with E-state index in [1.165, 1.54) is 5.56 Å². The first-order chi connectivity index (χ1) is 13.2. The molecule has 0 aliphatic heterocycles. The normalized spacial score (nSPS) is 18.1. The number of nitrogens with two attached hydrogens (primary N) is 1. The number of rotatable bonds is 6. The van der Waals surface area contributed by atoms with E-state index in [9.17, 15) is 4.79 Å². The summed E-state index contributed by atoms with van der Waals surface area (Å²) in [6, 6.07) is 16.5. The molecule has 1 aliphatic carbocycles. The lowest BCUT2D eigenvalue weighted by atomic mass is 9.95. The first-order valence-electron chi connectivity index (χ1n) is 9.70. The average molecular weight is 435 g/mol. The second-order valence-corrected chi connectivity index (χ2v) is 7.43. The van der Waals surface area contributed by atoms with Crippen LogP contribution >= 0.6 is 24.8 Å². The number of carbonyl (C=O) groups is 1. The number of hydrogen-bond acceptors (Lipinski definition) is 3. The van der Waals surface area contributed by atoms with Crippen molar-refractivity contribution in [3.63, 3.8) is 0 Å². The maximum Gasteiger partial charge on any atom is 0.223 e. The van der Waals surface area contributed by atoms with Gasteiger partial charge in [-0.1, -0.05) is 42.8 Å². The highest BCUT2D eigenvalue weighted by molar-refractivity contribution is 5.85. The van der Waals surface area contributed by atoms with Gasteiger partial charge in [-0.2, -0.15) is 0 Å². The van der Waals surface area contributed by atoms with Crippen LogP contribution in [-0.2, 0) is 17.9 Å². The van der Waals surface area contributed by atoms with Gasteiger partial charge < -0.3 is 15.6 Å². The van der Waals surface area contributed by atoms with Crippen LogP contribution < -0.4 is 11.1 Å². The zero-order chi connectivity index (χ0) is 18.6. The smallest absolute Gasteiger partial charge is 0.223 e. The lowest BCUT2D eigenvalue weighted by Gasteiger charge is -2.17. The fraction of sp³-hybridized carbons (Fsp3) is 0.364. The predicted molar refractivity (Wildman–Crippen MR) is 122 cm³/mol. The fourth-order valence-corrected chi connectivity index (χ4v) is 4.16. The molecule has 2 aromatic carbocycles. The Labute approximate surface area is 183 Å². The van der Waals surface area contributed by atoms with Gasteiger partial charge in [0, 0.05) is 19.0 Å². The van der Waals surface area contributed by atoms with E-state index in [1.54, 1.807) is 0 Å². The number of nitrogens with zero attached hydrogens (tertiary/aromatic N) is 2. The number of nitrogens with one attached hydrogen (secondary N) is 1. The molecular weight excluding hydrogens is 407 g/mol. The second kappa shape index (κ2) is 10.6. The highest BCUT2D eigenvalue weighted by Gasteiger charge is 2.31. The maximum atomic E-state index is 12.5. The molecule has 3 N–H and O–H groups in total. The Morgan fingerprint density at radius 2 is 1.90 bits per heavy atom. The van der Waals surface area contributed by atoms with Crippen molar-refractivity contribution < 1.29 is 4.79 Å². The monoisotopic (exact) mass is 434 g/mol. The minimum Gasteiger partial charge on any atom is -0.352 e. The van der Waals surface area contributed by atoms with Crippen molar-refractivity contribution >= 4 is 41.8 Å². The fourth-order valence-electron chi connectivity index (χ4n) is 4.16. The van der Waals surface area contributed by atoms with Gasteiger partial charge in [-0.3, -0.25) is 4.79 Å². The van der Waals surface area contributed by atoms with E-state index in [0.717, 1.165) is 42.4 Å². The van der Waals surface area contributed by atoms with Crippen LogP contribution in [0.25, 0.3) is 11.0 Å². The number of carbonyl (C=O) groups excluding carboxylic acids is 1. The first kappa shape index (κ1) is 23.2. The van der Waals surface area contributed by atoms with E-state index < -0.39 is 0 Å². The van der Waals surface area contributed by atoms with Crippen molar-refractivity contribution in [3.8, 4) is 0 Å². The summed E-state index contributed by atoms with van der Waals surface area (Å²) in [6.45, 7) is 1.93. The molecule has 0 saturated heterocycles. The number of imidazole rings is 1. The van der Waals surface area contributed by atoms with E-state index in [2.05, 4.69) is 39.1 Å². The molecule has 0 bridgehead atoms. The Morgan fingerprint density at radius 3 is 2.72 bits per heavy atom. The lowest BCUT2D eigenvalue weighted by Crippen LogP contribution is -2.34. The van der Waals surface area contributed by atoms with E-state index in [1.807, 2.05) is 30.6 Å². The summed E-state index contributed by atoms with van der Waals surface area (Å²) in [4.78, 5) is 16.9. The zero-order valence-electron chi connectivity index (χ0n) is 16.3. The molecule has 1 heterocycles. The summed E-state index contributed by atoms with van der Waals surface area (Å²) in [7, 11) is 0. The third-order valence-electron chi connectivity index (χ3n) is 5.64. The molecule has 5 nitrogen and oxygen atoms in total. The third-order valence-corrected chi connectivity index (χ3v) is 5.64. The Bertz CT molecular complexity index is 943. The lowest BCUT2D eigenvalue weighted by molar-refractivity contribution is -0.126. The molecule has 1 aromatic heterocycles. The zero-order valence-corrected chi connectivity index (χ0v) is 17.9. The summed E-state index contributed by atoms with van der Waals surface area (Å²) in [6.07, 6.45) is 5.02. The SMILES string of the molecule is Cl.Cl.NC[C@H]1CCC[C@H]1C(=O)NCc1cccc(Cn2cnc3ccccc32)c1. The van der Waals surface area contributed by atoms with Crippen LogP contribution in [0, 0.1) is 11.8 Å². The van der Waals surface area contributed by atoms with Crippen molar-refractivity contribution in [2.75, 3.05) is 6.54 Å². The Kier molecular flexibility index (Phi) is 8.50. The minimum atomic E-state index is 0. The van der Waals surface area contributed by atoms with Crippen LogP contribution in [-0.4, -0.2) is 22.0 Å². The molecule has 156 valence electrons. The first-order valence-corrected chi connectivity index (χ1v) is 9.70. The van der Waals surface area contributed by atoms with Gasteiger partial charge in [0.15, 0.2) is 0 Å². The number of benzene rings is 2. The summed E-state index contributed by atoms with van der Waals surface area (Å²) < 4.78 is 2.15. The van der Waals surface area contributed by atoms with Gasteiger partial charge in [-0.05, 0) is 48.6 Å². The Morgan fingerprint density at radius 1 is 1.10 bits per heavy atom. The molecule has 1 amide bonds. The van der Waals surface area contributed by atoms with Crippen molar-refractivity contribution in [2.24, 2.45) is 17.6 Å². The van der Waals surface area contributed by atoms with E-state index in [4.69, 9.17) is 5.73 Å². The summed E-state index contributed by atoms with van der Waals surface area (Å²) >= 11 is 0. The maximum absolute atomic E-state index is 12.5. The number of amides is 1. The van der Waals surface area contributed by atoms with Gasteiger partial charge in [0.2, 0.25) is 5.91 Å². The number of fused-ring (bicyclic) bond motifs is 1. The quantitative estimate of drug-likeness (QED) is 0.617. The average Bonchev–Trinajstić information content (AvgIpc) is 3.34. The standard InChI is InChI=1S/C22H26N4O.2ClH/c23-12-18-7-4-8-19(18)22(27)24-13-16-5-3-6-17(11-16)14-26-15-25-20-9-1-2-10-21(20)26;;/h1-3,5-6,9-11,15,18-19H,4,7-8,12-14,23H2,(H,24,27);2*1H/t18-,19-;;/m1../s1. The molecule has 1 fully saturated rings. The number of aromatic nitrogens is 2. The molecule has 1 saturated carbocycles. The Balaban J connectivity index is 0.00000150. The van der Waals surface area contributed by atoms with Crippen LogP contribution in [0.1, 0.15) is 30.4 Å². The van der Waals surface area contributed by atoms with Crippen LogP contribution in [0.3, 0.4) is 0 Å². The molecule has 29 heavy (non-hydrogen) atoms. The molecule has 7 heteroatoms. The van der Waals surface area contributed by atoms with Crippen molar-refractivity contribution in [1.82, 2.24) is 14.9 Å². The van der Waals surface area contributed by atoms with Crippen LogP contribution in [0.5, 0.6) is 0 Å². The van der Waals surface area contributed by atoms with Gasteiger partial charge >= 0.3 is 0 Å². The highest BCUT2D eigenvalue weighted by Crippen LogP contribution is 2.31. The van der Waals surface area contributed by atoms with Gasteiger partial charge in [-0.15, -0.1) is 24.8 Å². The summed E-state index contributed by atoms with van der Waals surface area (Å²) in [5, 5.41) is 3.11. The molecule has 0 unspecified atom stereocenters. The molecule has 0 spiro atoms. The molecule has 0 radical (unpaired) electrons. The number of hydrogen-bond donors (Lipinski definition) is 2. The van der Waals surface area contributed by atoms with E-state index in [-0.39, 0.29) is 36.6 Å². The minimum absolute atomic E-state index is 0. The molecule has 2 atom stereocenters. The Hall–Kier alpha value is -2.08. The van der Waals surface area contributed by atoms with Gasteiger partial charge in [0.1, 0.15) is 0 Å². The van der Waals surface area contributed by atoms with E-state index in [0.29, 0.717) is 19.0 Å². The molecule has 1 aliphatic rings. The topological polar surface area (TPSA) is 72.9 Å². The van der Waals surface area contributed by atoms with Crippen molar-refractivity contribution in [1.29, 1.82) is 0 Å². The van der Waals surface area contributed by atoms with Crippen molar-refractivity contribution in [2.45, 2.75) is 32.4 Å². The van der Waals surface area contributed by atoms with Crippen LogP contribution in [0.2, 0.25) is 0 Å². The third kappa shape index (κ3) is 5.30. The largest absolute Gasteiger partial charge is 0.352 e. The van der Waals surface area contributed by atoms with Gasteiger partial charge in [0.05, 0.1) is 17.4 Å². The molecular formula is C22H28Cl2N4O. The number of halogens is 2. The number of para-hydroxylation sites is 2. The summed E-state index contributed by atoms with van der Waals surface area (Å²) in [5.74, 6) is 0.565. The molecule has 3 aromatic rings. The highest BCUT2D eigenvalue weighted by atomic mass is 35.5. The van der Waals surface area contributed by atoms with E-state index >= 15 is 0 Å². The van der Waals surface area contributed by atoms with Crippen LogP contribution in [0.15, 0.2) is 54.9 Å².